The number of hydrogen-bond donors (Lipinski definition) is 1. The summed E-state index contributed by atoms with van der Waals surface area (Å²) in [6, 6.07) is 6.21. The Bertz CT molecular complexity index is 689. The van der Waals surface area contributed by atoms with Crippen molar-refractivity contribution in [3.63, 3.8) is 0 Å². The van der Waals surface area contributed by atoms with E-state index in [-0.39, 0.29) is 17.0 Å². The van der Waals surface area contributed by atoms with Gasteiger partial charge in [0, 0.05) is 18.1 Å². The van der Waals surface area contributed by atoms with Crippen LogP contribution in [0, 0.1) is 10.1 Å². The third-order valence-corrected chi connectivity index (χ3v) is 4.74. The van der Waals surface area contributed by atoms with Crippen LogP contribution >= 0.6 is 0 Å². The number of cyclic esters (lactones) is 1. The average Bonchev–Trinajstić information content (AvgIpc) is 2.81. The van der Waals surface area contributed by atoms with E-state index in [4.69, 9.17) is 4.74 Å². The highest BCUT2D eigenvalue weighted by Crippen LogP contribution is 2.44. The predicted octanol–water partition coefficient (Wildman–Crippen LogP) is 4.80. The highest BCUT2D eigenvalue weighted by molar-refractivity contribution is 5.94. The fraction of sp³-hybridized carbons (Fsp3) is 0.526. The van der Waals surface area contributed by atoms with Crippen molar-refractivity contribution in [1.29, 1.82) is 0 Å². The highest BCUT2D eigenvalue weighted by atomic mass is 16.6. The van der Waals surface area contributed by atoms with Crippen molar-refractivity contribution < 1.29 is 19.6 Å². The van der Waals surface area contributed by atoms with Gasteiger partial charge in [0.2, 0.25) is 0 Å². The smallest absolute Gasteiger partial charge is 0.339 e. The summed E-state index contributed by atoms with van der Waals surface area (Å²) < 4.78 is 5.64. The first kappa shape index (κ1) is 19.0. The van der Waals surface area contributed by atoms with Gasteiger partial charge in [0.15, 0.2) is 5.60 Å². The number of rotatable bonds is 8. The van der Waals surface area contributed by atoms with Gasteiger partial charge in [-0.3, -0.25) is 10.1 Å². The molecule has 2 rings (SSSR count). The van der Waals surface area contributed by atoms with Crippen LogP contribution in [0.1, 0.15) is 64.4 Å². The molecule has 1 unspecified atom stereocenters. The number of esters is 1. The number of hydrogen-bond acceptors (Lipinski definition) is 5. The second kappa shape index (κ2) is 7.68. The van der Waals surface area contributed by atoms with E-state index >= 15 is 0 Å². The molecule has 1 aliphatic heterocycles. The maximum atomic E-state index is 12.6. The zero-order valence-electron chi connectivity index (χ0n) is 14.9. The molecule has 1 aliphatic rings. The normalized spacial score (nSPS) is 17.5. The van der Waals surface area contributed by atoms with Gasteiger partial charge in [0.25, 0.3) is 5.69 Å². The molecule has 0 saturated carbocycles. The minimum atomic E-state index is -0.954. The quantitative estimate of drug-likeness (QED) is 0.414. The largest absolute Gasteiger partial charge is 0.507 e. The van der Waals surface area contributed by atoms with Crippen LogP contribution in [0.5, 0.6) is 0 Å². The van der Waals surface area contributed by atoms with E-state index in [1.54, 1.807) is 12.1 Å². The first-order valence-corrected chi connectivity index (χ1v) is 8.81. The molecule has 0 saturated heterocycles. The number of nitro groups is 1. The first-order valence-electron chi connectivity index (χ1n) is 8.81. The Morgan fingerprint density at radius 2 is 1.88 bits per heavy atom. The van der Waals surface area contributed by atoms with E-state index in [1.165, 1.54) is 12.1 Å². The molecule has 6 heteroatoms. The number of aliphatic hydroxyl groups is 1. The van der Waals surface area contributed by atoms with Crippen LogP contribution in [0.25, 0.3) is 0 Å². The first-order chi connectivity index (χ1) is 11.9. The summed E-state index contributed by atoms with van der Waals surface area (Å²) in [5.74, 6) is -0.944. The minimum absolute atomic E-state index is 0.000411. The Labute approximate surface area is 147 Å². The van der Waals surface area contributed by atoms with E-state index in [9.17, 15) is 20.0 Å². The fourth-order valence-electron chi connectivity index (χ4n) is 3.66. The maximum absolute atomic E-state index is 12.6. The lowest BCUT2D eigenvalue weighted by atomic mass is 9.83. The summed E-state index contributed by atoms with van der Waals surface area (Å²) in [5.41, 5.74) is -0.107. The number of nitro benzene ring substituents is 1. The summed E-state index contributed by atoms with van der Waals surface area (Å²) in [6.07, 6.45) is 3.21. The SMILES string of the molecule is CCCC1(CCC)OC(=O)C(C(CC)c2cccc([N+](=O)[O-])c2)=C1O. The van der Waals surface area contributed by atoms with E-state index in [0.29, 0.717) is 24.8 Å². The molecular weight excluding hydrogens is 322 g/mol. The molecule has 1 N–H and O–H groups in total. The van der Waals surface area contributed by atoms with Crippen molar-refractivity contribution in [2.45, 2.75) is 64.4 Å². The number of carbonyl (C=O) groups excluding carboxylic acids is 1. The molecule has 1 atom stereocenters. The van der Waals surface area contributed by atoms with Gasteiger partial charge in [0.05, 0.1) is 10.5 Å². The van der Waals surface area contributed by atoms with Crippen LogP contribution in [0.2, 0.25) is 0 Å². The predicted molar refractivity (Wildman–Crippen MR) is 94.4 cm³/mol. The van der Waals surface area contributed by atoms with Gasteiger partial charge in [0.1, 0.15) is 5.76 Å². The lowest BCUT2D eigenvalue weighted by Gasteiger charge is -2.27. The molecule has 0 fully saturated rings. The summed E-state index contributed by atoms with van der Waals surface area (Å²) in [5, 5.41) is 21.9. The van der Waals surface area contributed by atoms with Crippen molar-refractivity contribution in [2.24, 2.45) is 0 Å². The third-order valence-electron chi connectivity index (χ3n) is 4.74. The molecule has 6 nitrogen and oxygen atoms in total. The van der Waals surface area contributed by atoms with Crippen LogP contribution in [0.15, 0.2) is 35.6 Å². The third kappa shape index (κ3) is 3.52. The molecule has 0 aromatic heterocycles. The van der Waals surface area contributed by atoms with Crippen LogP contribution in [0.3, 0.4) is 0 Å². The molecule has 0 radical (unpaired) electrons. The molecule has 0 bridgehead atoms. The molecule has 1 heterocycles. The Kier molecular flexibility index (Phi) is 5.82. The zero-order chi connectivity index (χ0) is 18.6. The van der Waals surface area contributed by atoms with Gasteiger partial charge >= 0.3 is 5.97 Å². The number of ether oxygens (including phenoxy) is 1. The highest BCUT2D eigenvalue weighted by Gasteiger charge is 2.48. The van der Waals surface area contributed by atoms with Crippen molar-refractivity contribution in [1.82, 2.24) is 0 Å². The lowest BCUT2D eigenvalue weighted by Crippen LogP contribution is -2.31. The molecule has 0 amide bonds. The Balaban J connectivity index is 2.51. The summed E-state index contributed by atoms with van der Waals surface area (Å²) in [6.45, 7) is 5.85. The Morgan fingerprint density at radius 3 is 2.40 bits per heavy atom. The second-order valence-corrected chi connectivity index (χ2v) is 6.46. The molecule has 1 aromatic carbocycles. The van der Waals surface area contributed by atoms with Crippen molar-refractivity contribution in [3.05, 3.63) is 51.3 Å². The molecule has 1 aromatic rings. The van der Waals surface area contributed by atoms with Gasteiger partial charge in [-0.05, 0) is 24.8 Å². The van der Waals surface area contributed by atoms with E-state index in [0.717, 1.165) is 12.8 Å². The van der Waals surface area contributed by atoms with Crippen LogP contribution in [-0.4, -0.2) is 21.6 Å². The molecule has 0 aliphatic carbocycles. The number of aliphatic hydroxyl groups excluding tert-OH is 1. The van der Waals surface area contributed by atoms with E-state index < -0.39 is 22.4 Å². The van der Waals surface area contributed by atoms with Crippen molar-refractivity contribution in [3.8, 4) is 0 Å². The standard InChI is InChI=1S/C19H25NO5/c1-4-10-19(11-5-2)17(21)16(18(22)25-19)15(6-3)13-8-7-9-14(12-13)20(23)24/h7-9,12,15,21H,4-6,10-11H2,1-3H3. The van der Waals surface area contributed by atoms with Gasteiger partial charge in [-0.25, -0.2) is 4.79 Å². The zero-order valence-corrected chi connectivity index (χ0v) is 14.9. The molecule has 136 valence electrons. The number of benzene rings is 1. The number of nitrogens with zero attached hydrogens (tertiary/aromatic N) is 1. The maximum Gasteiger partial charge on any atom is 0.339 e. The monoisotopic (exact) mass is 347 g/mol. The van der Waals surface area contributed by atoms with Crippen LogP contribution < -0.4 is 0 Å². The van der Waals surface area contributed by atoms with Gasteiger partial charge in [-0.15, -0.1) is 0 Å². The molecule has 0 spiro atoms. The fourth-order valence-corrected chi connectivity index (χ4v) is 3.66. The number of carbonyl (C=O) groups is 1. The molecule has 25 heavy (non-hydrogen) atoms. The van der Waals surface area contributed by atoms with Gasteiger partial charge < -0.3 is 9.84 Å². The van der Waals surface area contributed by atoms with E-state index in [2.05, 4.69) is 0 Å². The molecular formula is C19H25NO5. The summed E-state index contributed by atoms with van der Waals surface area (Å²) in [7, 11) is 0. The lowest BCUT2D eigenvalue weighted by molar-refractivity contribution is -0.384. The Hall–Kier alpha value is -2.37. The van der Waals surface area contributed by atoms with Crippen LogP contribution in [-0.2, 0) is 9.53 Å². The van der Waals surface area contributed by atoms with Crippen LogP contribution in [0.4, 0.5) is 5.69 Å². The minimum Gasteiger partial charge on any atom is -0.507 e. The van der Waals surface area contributed by atoms with Gasteiger partial charge in [-0.1, -0.05) is 45.7 Å². The number of non-ortho nitro benzene ring substituents is 1. The Morgan fingerprint density at radius 1 is 1.24 bits per heavy atom. The second-order valence-electron chi connectivity index (χ2n) is 6.46. The van der Waals surface area contributed by atoms with E-state index in [1.807, 2.05) is 20.8 Å². The van der Waals surface area contributed by atoms with Crippen molar-refractivity contribution >= 4 is 11.7 Å². The summed E-state index contributed by atoms with van der Waals surface area (Å²) >= 11 is 0. The summed E-state index contributed by atoms with van der Waals surface area (Å²) in [4.78, 5) is 23.1. The van der Waals surface area contributed by atoms with Crippen molar-refractivity contribution in [2.75, 3.05) is 0 Å². The average molecular weight is 347 g/mol. The topological polar surface area (TPSA) is 89.7 Å². The van der Waals surface area contributed by atoms with Gasteiger partial charge in [-0.2, -0.15) is 0 Å².